The first-order valence-electron chi connectivity index (χ1n) is 7.92. The van der Waals surface area contributed by atoms with Gasteiger partial charge in [0.1, 0.15) is 0 Å². The zero-order valence-electron chi connectivity index (χ0n) is 14.5. The standard InChI is InChI=1S/C17H25N3O3S/c1-5-20(6-2)14-10-8-13(9-11-15(22)19-23)17(24-7-3)16(14)18-12(4)21/h8-11,23H,5-7H2,1-4H3,(H,18,21)(H,19,22). The average Bonchev–Trinajstić information content (AvgIpc) is 2.56. The van der Waals surface area contributed by atoms with E-state index in [0.717, 1.165) is 40.7 Å². The van der Waals surface area contributed by atoms with Crippen molar-refractivity contribution in [2.45, 2.75) is 32.6 Å². The summed E-state index contributed by atoms with van der Waals surface area (Å²) >= 11 is 1.60. The first-order valence-corrected chi connectivity index (χ1v) is 8.91. The molecule has 6 nitrogen and oxygen atoms in total. The molecule has 1 rings (SSSR count). The maximum Gasteiger partial charge on any atom is 0.267 e. The van der Waals surface area contributed by atoms with Crippen LogP contribution in [0.1, 0.15) is 33.3 Å². The number of rotatable bonds is 8. The van der Waals surface area contributed by atoms with Crippen LogP contribution < -0.4 is 15.7 Å². The molecule has 0 fully saturated rings. The summed E-state index contributed by atoms with van der Waals surface area (Å²) in [4.78, 5) is 26.0. The average molecular weight is 351 g/mol. The molecule has 0 heterocycles. The van der Waals surface area contributed by atoms with Gasteiger partial charge in [-0.05, 0) is 37.3 Å². The lowest BCUT2D eigenvalue weighted by molar-refractivity contribution is -0.124. The lowest BCUT2D eigenvalue weighted by atomic mass is 10.1. The van der Waals surface area contributed by atoms with Gasteiger partial charge in [0, 0.05) is 31.0 Å². The van der Waals surface area contributed by atoms with E-state index < -0.39 is 5.91 Å². The number of carbonyl (C=O) groups excluding carboxylic acids is 2. The number of hydrogen-bond acceptors (Lipinski definition) is 5. The predicted molar refractivity (Wildman–Crippen MR) is 99.7 cm³/mol. The number of hydrogen-bond donors (Lipinski definition) is 3. The summed E-state index contributed by atoms with van der Waals surface area (Å²) in [6, 6.07) is 3.85. The topological polar surface area (TPSA) is 81.7 Å². The fraction of sp³-hybridized carbons (Fsp3) is 0.412. The molecule has 24 heavy (non-hydrogen) atoms. The molecule has 7 heteroatoms. The van der Waals surface area contributed by atoms with Crippen LogP contribution in [0.25, 0.3) is 6.08 Å². The van der Waals surface area contributed by atoms with Crippen LogP contribution in [-0.4, -0.2) is 35.9 Å². The van der Waals surface area contributed by atoms with Gasteiger partial charge in [0.2, 0.25) is 5.91 Å². The maximum absolute atomic E-state index is 11.7. The number of hydroxylamine groups is 1. The Bertz CT molecular complexity index is 613. The van der Waals surface area contributed by atoms with Gasteiger partial charge in [-0.25, -0.2) is 5.48 Å². The number of nitrogens with zero attached hydrogens (tertiary/aromatic N) is 1. The molecule has 132 valence electrons. The Morgan fingerprint density at radius 1 is 1.25 bits per heavy atom. The van der Waals surface area contributed by atoms with Gasteiger partial charge < -0.3 is 10.2 Å². The number of amides is 2. The van der Waals surface area contributed by atoms with Gasteiger partial charge >= 0.3 is 0 Å². The van der Waals surface area contributed by atoms with Gasteiger partial charge in [0.15, 0.2) is 0 Å². The van der Waals surface area contributed by atoms with Gasteiger partial charge in [-0.3, -0.25) is 14.8 Å². The SMILES string of the molecule is CCSc1c(C=CC(=O)NO)ccc(N(CC)CC)c1NC(C)=O. The Kier molecular flexibility index (Phi) is 8.35. The van der Waals surface area contributed by atoms with Crippen LogP contribution in [0.2, 0.25) is 0 Å². The summed E-state index contributed by atoms with van der Waals surface area (Å²) < 4.78 is 0. The van der Waals surface area contributed by atoms with E-state index in [0.29, 0.717) is 0 Å². The molecular weight excluding hydrogens is 326 g/mol. The molecule has 1 aromatic rings. The van der Waals surface area contributed by atoms with Gasteiger partial charge in [0.25, 0.3) is 5.91 Å². The fourth-order valence-corrected chi connectivity index (χ4v) is 3.24. The van der Waals surface area contributed by atoms with Crippen molar-refractivity contribution < 1.29 is 14.8 Å². The van der Waals surface area contributed by atoms with Crippen LogP contribution in [0.15, 0.2) is 23.1 Å². The van der Waals surface area contributed by atoms with Crippen LogP contribution in [0.4, 0.5) is 11.4 Å². The minimum absolute atomic E-state index is 0.143. The largest absolute Gasteiger partial charge is 0.370 e. The Hall–Kier alpha value is -1.99. The molecule has 0 saturated carbocycles. The Labute approximate surface area is 147 Å². The summed E-state index contributed by atoms with van der Waals surface area (Å²) in [5.74, 6) is 0.0772. The van der Waals surface area contributed by atoms with E-state index in [1.54, 1.807) is 23.3 Å². The molecule has 0 aliphatic carbocycles. The van der Waals surface area contributed by atoms with Gasteiger partial charge in [-0.2, -0.15) is 0 Å². The number of carbonyl (C=O) groups is 2. The third-order valence-corrected chi connectivity index (χ3v) is 4.40. The normalized spacial score (nSPS) is 10.7. The molecule has 1 aromatic carbocycles. The van der Waals surface area contributed by atoms with Gasteiger partial charge in [-0.1, -0.05) is 13.0 Å². The Balaban J connectivity index is 3.49. The Morgan fingerprint density at radius 3 is 2.42 bits per heavy atom. The molecule has 0 bridgehead atoms. The van der Waals surface area contributed by atoms with E-state index in [1.807, 2.05) is 19.1 Å². The van der Waals surface area contributed by atoms with Crippen LogP contribution in [-0.2, 0) is 9.59 Å². The highest BCUT2D eigenvalue weighted by Crippen LogP contribution is 2.39. The highest BCUT2D eigenvalue weighted by molar-refractivity contribution is 7.99. The summed E-state index contributed by atoms with van der Waals surface area (Å²) in [6.45, 7) is 9.28. The van der Waals surface area contributed by atoms with Crippen molar-refractivity contribution in [3.63, 3.8) is 0 Å². The van der Waals surface area contributed by atoms with Crippen LogP contribution >= 0.6 is 11.8 Å². The third-order valence-electron chi connectivity index (χ3n) is 3.38. The van der Waals surface area contributed by atoms with Crippen molar-refractivity contribution >= 4 is 41.0 Å². The van der Waals surface area contributed by atoms with E-state index in [-0.39, 0.29) is 5.91 Å². The van der Waals surface area contributed by atoms with E-state index in [1.165, 1.54) is 13.0 Å². The van der Waals surface area contributed by atoms with Gasteiger partial charge in [0.05, 0.1) is 11.4 Å². The van der Waals surface area contributed by atoms with Gasteiger partial charge in [-0.15, -0.1) is 11.8 Å². The molecule has 0 aromatic heterocycles. The lowest BCUT2D eigenvalue weighted by Gasteiger charge is -2.26. The molecule has 0 radical (unpaired) electrons. The van der Waals surface area contributed by atoms with Crippen molar-refractivity contribution in [3.05, 3.63) is 23.8 Å². The second-order valence-corrected chi connectivity index (χ2v) is 6.25. The molecule has 0 saturated heterocycles. The van der Waals surface area contributed by atoms with E-state index >= 15 is 0 Å². The van der Waals surface area contributed by atoms with Crippen LogP contribution in [0.3, 0.4) is 0 Å². The summed E-state index contributed by atoms with van der Waals surface area (Å²) in [7, 11) is 0. The van der Waals surface area contributed by atoms with Crippen molar-refractivity contribution in [1.82, 2.24) is 5.48 Å². The maximum atomic E-state index is 11.7. The number of benzene rings is 1. The number of nitrogens with one attached hydrogen (secondary N) is 2. The third kappa shape index (κ3) is 5.28. The summed E-state index contributed by atoms with van der Waals surface area (Å²) in [6.07, 6.45) is 2.88. The monoisotopic (exact) mass is 351 g/mol. The zero-order valence-corrected chi connectivity index (χ0v) is 15.4. The molecule has 3 N–H and O–H groups in total. The molecule has 0 unspecified atom stereocenters. The molecule has 0 atom stereocenters. The van der Waals surface area contributed by atoms with E-state index in [4.69, 9.17) is 5.21 Å². The molecular formula is C17H25N3O3S. The zero-order chi connectivity index (χ0) is 18.1. The first kappa shape index (κ1) is 20.1. The molecule has 0 aliphatic rings. The van der Waals surface area contributed by atoms with Crippen LogP contribution in [0.5, 0.6) is 0 Å². The fourth-order valence-electron chi connectivity index (χ4n) is 2.35. The first-order chi connectivity index (χ1) is 11.5. The quantitative estimate of drug-likeness (QED) is 0.290. The molecule has 0 aliphatic heterocycles. The van der Waals surface area contributed by atoms with Crippen molar-refractivity contribution in [2.24, 2.45) is 0 Å². The number of anilines is 2. The van der Waals surface area contributed by atoms with Crippen molar-refractivity contribution in [1.29, 1.82) is 0 Å². The van der Waals surface area contributed by atoms with Crippen molar-refractivity contribution in [3.8, 4) is 0 Å². The summed E-state index contributed by atoms with van der Waals surface area (Å²) in [5, 5.41) is 11.6. The smallest absolute Gasteiger partial charge is 0.267 e. The van der Waals surface area contributed by atoms with E-state index in [2.05, 4.69) is 24.1 Å². The Morgan fingerprint density at radius 2 is 1.92 bits per heavy atom. The molecule has 2 amide bonds. The molecule has 0 spiro atoms. The number of thioether (sulfide) groups is 1. The lowest BCUT2D eigenvalue weighted by Crippen LogP contribution is -2.24. The highest BCUT2D eigenvalue weighted by atomic mass is 32.2. The highest BCUT2D eigenvalue weighted by Gasteiger charge is 2.17. The minimum Gasteiger partial charge on any atom is -0.370 e. The second kappa shape index (κ2) is 10.00. The van der Waals surface area contributed by atoms with E-state index in [9.17, 15) is 9.59 Å². The summed E-state index contributed by atoms with van der Waals surface area (Å²) in [5.41, 5.74) is 4.09. The second-order valence-electron chi connectivity index (χ2n) is 4.97. The van der Waals surface area contributed by atoms with Crippen LogP contribution in [0, 0.1) is 0 Å². The van der Waals surface area contributed by atoms with Crippen molar-refractivity contribution in [2.75, 3.05) is 29.1 Å². The minimum atomic E-state index is -0.601. The predicted octanol–water partition coefficient (Wildman–Crippen LogP) is 3.12.